The topological polar surface area (TPSA) is 81.7 Å². The highest BCUT2D eigenvalue weighted by Crippen LogP contribution is 2.47. The molecule has 1 aromatic carbocycles. The predicted octanol–water partition coefficient (Wildman–Crippen LogP) is 2.68. The fraction of sp³-hybridized carbons (Fsp3) is 0.375. The number of nitrogens with one attached hydrogen (secondary N) is 2. The fourth-order valence-corrected chi connectivity index (χ4v) is 3.80. The van der Waals surface area contributed by atoms with Gasteiger partial charge in [0.2, 0.25) is 5.91 Å². The van der Waals surface area contributed by atoms with Crippen LogP contribution >= 0.6 is 11.3 Å². The van der Waals surface area contributed by atoms with Gasteiger partial charge in [0, 0.05) is 31.0 Å². The molecule has 0 aliphatic carbocycles. The number of nitrogens with zero attached hydrogens (tertiary/aromatic N) is 1. The number of ether oxygens (including phenoxy) is 3. The number of carbonyl (C=O) groups excluding carboxylic acids is 1. The van der Waals surface area contributed by atoms with E-state index in [0.717, 1.165) is 15.6 Å². The largest absolute Gasteiger partial charge is 0.496 e. The second-order valence-electron chi connectivity index (χ2n) is 5.24. The molecule has 1 aliphatic heterocycles. The Morgan fingerprint density at radius 1 is 1.17 bits per heavy atom. The van der Waals surface area contributed by atoms with Gasteiger partial charge in [-0.05, 0) is 6.07 Å². The summed E-state index contributed by atoms with van der Waals surface area (Å²) in [7, 11) is 6.56. The molecule has 0 spiro atoms. The molecule has 7 nitrogen and oxygen atoms in total. The normalized spacial score (nSPS) is 16.2. The standard InChI is InChI=1S/C16H19N3O4S/c1-17-16-19-15-14(24-16)9(6-13(20)18-15)8-5-11(22-3)12(23-4)7-10(8)21-2/h5,7,9H,6H2,1-4H3,(H,17,19)(H,18,20)/t9-/m0/s1. The summed E-state index contributed by atoms with van der Waals surface area (Å²) >= 11 is 1.52. The number of methoxy groups -OCH3 is 3. The van der Waals surface area contributed by atoms with Crippen molar-refractivity contribution < 1.29 is 19.0 Å². The third kappa shape index (κ3) is 2.73. The van der Waals surface area contributed by atoms with E-state index in [0.29, 0.717) is 29.5 Å². The SMILES string of the molecule is CNc1nc2c(s1)[C@H](c1cc(OC)c(OC)cc1OC)CC(=O)N2. The molecule has 0 saturated heterocycles. The van der Waals surface area contributed by atoms with Crippen molar-refractivity contribution >= 4 is 28.2 Å². The van der Waals surface area contributed by atoms with Crippen molar-refractivity contribution in [2.45, 2.75) is 12.3 Å². The Hall–Kier alpha value is -2.48. The molecular weight excluding hydrogens is 330 g/mol. The van der Waals surface area contributed by atoms with Gasteiger partial charge in [0.05, 0.1) is 26.2 Å². The minimum absolute atomic E-state index is 0.0720. The summed E-state index contributed by atoms with van der Waals surface area (Å²) in [5.74, 6) is 2.21. The van der Waals surface area contributed by atoms with Crippen LogP contribution in [0.1, 0.15) is 22.8 Å². The first kappa shape index (κ1) is 16.4. The number of hydrogen-bond donors (Lipinski definition) is 2. The van der Waals surface area contributed by atoms with E-state index in [4.69, 9.17) is 14.2 Å². The van der Waals surface area contributed by atoms with E-state index < -0.39 is 0 Å². The summed E-state index contributed by atoms with van der Waals surface area (Å²) in [6.07, 6.45) is 0.324. The van der Waals surface area contributed by atoms with Gasteiger partial charge in [-0.1, -0.05) is 11.3 Å². The molecule has 24 heavy (non-hydrogen) atoms. The number of aromatic nitrogens is 1. The predicted molar refractivity (Wildman–Crippen MR) is 92.8 cm³/mol. The lowest BCUT2D eigenvalue weighted by Gasteiger charge is -2.24. The maximum absolute atomic E-state index is 12.1. The van der Waals surface area contributed by atoms with E-state index in [1.807, 2.05) is 6.07 Å². The van der Waals surface area contributed by atoms with Gasteiger partial charge in [-0.3, -0.25) is 4.79 Å². The number of anilines is 2. The summed E-state index contributed by atoms with van der Waals surface area (Å²) in [5.41, 5.74) is 0.873. The summed E-state index contributed by atoms with van der Waals surface area (Å²) in [5, 5.41) is 6.60. The highest BCUT2D eigenvalue weighted by Gasteiger charge is 2.33. The summed E-state index contributed by atoms with van der Waals surface area (Å²) in [4.78, 5) is 17.5. The molecule has 1 aliphatic rings. The quantitative estimate of drug-likeness (QED) is 0.864. The zero-order valence-corrected chi connectivity index (χ0v) is 14.7. The molecule has 1 aromatic heterocycles. The van der Waals surface area contributed by atoms with Gasteiger partial charge >= 0.3 is 0 Å². The maximum Gasteiger partial charge on any atom is 0.226 e. The monoisotopic (exact) mass is 349 g/mol. The van der Waals surface area contributed by atoms with Gasteiger partial charge in [-0.25, -0.2) is 4.98 Å². The van der Waals surface area contributed by atoms with Gasteiger partial charge < -0.3 is 24.8 Å². The van der Waals surface area contributed by atoms with Crippen molar-refractivity contribution in [2.75, 3.05) is 39.0 Å². The second-order valence-corrected chi connectivity index (χ2v) is 6.27. The van der Waals surface area contributed by atoms with Gasteiger partial charge in [-0.15, -0.1) is 0 Å². The first-order valence-electron chi connectivity index (χ1n) is 7.39. The average molecular weight is 349 g/mol. The van der Waals surface area contributed by atoms with Crippen LogP contribution in [0, 0.1) is 0 Å². The van der Waals surface area contributed by atoms with Crippen LogP contribution in [0.15, 0.2) is 12.1 Å². The molecule has 0 bridgehead atoms. The van der Waals surface area contributed by atoms with Gasteiger partial charge in [-0.2, -0.15) is 0 Å². The zero-order valence-electron chi connectivity index (χ0n) is 13.9. The highest BCUT2D eigenvalue weighted by atomic mass is 32.1. The van der Waals surface area contributed by atoms with Crippen LogP contribution in [0.25, 0.3) is 0 Å². The maximum atomic E-state index is 12.1. The molecule has 1 amide bonds. The van der Waals surface area contributed by atoms with Crippen LogP contribution < -0.4 is 24.8 Å². The number of thiazole rings is 1. The summed E-state index contributed by atoms with van der Waals surface area (Å²) in [6.45, 7) is 0. The van der Waals surface area contributed by atoms with Crippen LogP contribution in [0.4, 0.5) is 10.9 Å². The molecule has 0 unspecified atom stereocenters. The third-order valence-corrected chi connectivity index (χ3v) is 5.13. The number of carbonyl (C=O) groups is 1. The lowest BCUT2D eigenvalue weighted by Crippen LogP contribution is -2.23. The fourth-order valence-electron chi connectivity index (χ4n) is 2.80. The van der Waals surface area contributed by atoms with E-state index in [1.54, 1.807) is 34.4 Å². The summed E-state index contributed by atoms with van der Waals surface area (Å²) < 4.78 is 16.3. The number of benzene rings is 1. The Balaban J connectivity index is 2.14. The molecule has 0 saturated carbocycles. The lowest BCUT2D eigenvalue weighted by molar-refractivity contribution is -0.116. The average Bonchev–Trinajstić information content (AvgIpc) is 3.02. The van der Waals surface area contributed by atoms with Crippen LogP contribution in [0.2, 0.25) is 0 Å². The van der Waals surface area contributed by atoms with Crippen molar-refractivity contribution in [3.8, 4) is 17.2 Å². The molecule has 3 rings (SSSR count). The minimum atomic E-state index is -0.150. The van der Waals surface area contributed by atoms with Crippen LogP contribution in [-0.2, 0) is 4.79 Å². The van der Waals surface area contributed by atoms with Crippen molar-refractivity contribution in [1.82, 2.24) is 4.98 Å². The van der Waals surface area contributed by atoms with E-state index in [2.05, 4.69) is 15.6 Å². The van der Waals surface area contributed by atoms with Crippen molar-refractivity contribution in [1.29, 1.82) is 0 Å². The lowest BCUT2D eigenvalue weighted by atomic mass is 9.90. The molecule has 0 fully saturated rings. The number of fused-ring (bicyclic) bond motifs is 1. The van der Waals surface area contributed by atoms with Crippen LogP contribution in [0.3, 0.4) is 0 Å². The molecule has 2 N–H and O–H groups in total. The van der Waals surface area contributed by atoms with Crippen molar-refractivity contribution in [2.24, 2.45) is 0 Å². The molecule has 128 valence electrons. The van der Waals surface area contributed by atoms with Crippen molar-refractivity contribution in [3.63, 3.8) is 0 Å². The molecule has 0 radical (unpaired) electrons. The van der Waals surface area contributed by atoms with E-state index in [1.165, 1.54) is 11.3 Å². The molecule has 8 heteroatoms. The molecule has 2 heterocycles. The van der Waals surface area contributed by atoms with E-state index in [-0.39, 0.29) is 11.8 Å². The van der Waals surface area contributed by atoms with Gasteiger partial charge in [0.1, 0.15) is 11.6 Å². The molecular formula is C16H19N3O4S. The minimum Gasteiger partial charge on any atom is -0.496 e. The Bertz CT molecular complexity index is 775. The van der Waals surface area contributed by atoms with Crippen molar-refractivity contribution in [3.05, 3.63) is 22.6 Å². The third-order valence-electron chi connectivity index (χ3n) is 3.94. The summed E-state index contributed by atoms with van der Waals surface area (Å²) in [6, 6.07) is 3.64. The zero-order chi connectivity index (χ0) is 17.3. The Kier molecular flexibility index (Phi) is 4.48. The van der Waals surface area contributed by atoms with Gasteiger partial charge in [0.15, 0.2) is 16.6 Å². The van der Waals surface area contributed by atoms with Crippen LogP contribution in [0.5, 0.6) is 17.2 Å². The Morgan fingerprint density at radius 3 is 2.46 bits per heavy atom. The molecule has 2 aromatic rings. The van der Waals surface area contributed by atoms with Gasteiger partial charge in [0.25, 0.3) is 0 Å². The van der Waals surface area contributed by atoms with Crippen LogP contribution in [-0.4, -0.2) is 39.3 Å². The number of hydrogen-bond acceptors (Lipinski definition) is 7. The smallest absolute Gasteiger partial charge is 0.226 e. The second kappa shape index (κ2) is 6.56. The first-order chi connectivity index (χ1) is 11.6. The Labute approximate surface area is 143 Å². The van der Waals surface area contributed by atoms with E-state index >= 15 is 0 Å². The number of rotatable bonds is 5. The first-order valence-corrected chi connectivity index (χ1v) is 8.21. The number of amides is 1. The van der Waals surface area contributed by atoms with E-state index in [9.17, 15) is 4.79 Å². The highest BCUT2D eigenvalue weighted by molar-refractivity contribution is 7.16. The Morgan fingerprint density at radius 2 is 1.83 bits per heavy atom. The molecule has 1 atom stereocenters.